The van der Waals surface area contributed by atoms with Gasteiger partial charge in [0.05, 0.1) is 11.8 Å². The number of nitrogen functional groups attached to an aromatic ring is 1. The molecule has 0 saturated carbocycles. The van der Waals surface area contributed by atoms with Gasteiger partial charge in [0.1, 0.15) is 5.75 Å². The predicted molar refractivity (Wildman–Crippen MR) is 83.2 cm³/mol. The molecule has 4 rings (SSSR count). The Morgan fingerprint density at radius 2 is 2.05 bits per heavy atom. The molecular weight excluding hydrogens is 250 g/mol. The molecule has 110 valence electrons. The van der Waals surface area contributed by atoms with E-state index in [-0.39, 0.29) is 6.10 Å². The summed E-state index contributed by atoms with van der Waals surface area (Å²) in [5.74, 6) is 1.60. The molecule has 3 saturated heterocycles. The van der Waals surface area contributed by atoms with Crippen LogP contribution in [0.3, 0.4) is 0 Å². The van der Waals surface area contributed by atoms with E-state index >= 15 is 0 Å². The van der Waals surface area contributed by atoms with E-state index in [0.29, 0.717) is 11.7 Å². The van der Waals surface area contributed by atoms with Crippen molar-refractivity contribution in [2.24, 2.45) is 5.92 Å². The van der Waals surface area contributed by atoms with Crippen LogP contribution in [-0.2, 0) is 0 Å². The second-order valence-corrected chi connectivity index (χ2v) is 6.31. The molecule has 2 bridgehead atoms. The summed E-state index contributed by atoms with van der Waals surface area (Å²) in [7, 11) is 0. The maximum absolute atomic E-state index is 5.97. The molecule has 1 atom stereocenters. The third-order valence-corrected chi connectivity index (χ3v) is 4.38. The van der Waals surface area contributed by atoms with Gasteiger partial charge in [0.15, 0.2) is 0 Å². The van der Waals surface area contributed by atoms with Gasteiger partial charge >= 0.3 is 0 Å². The third kappa shape index (κ3) is 2.85. The fourth-order valence-electron chi connectivity index (χ4n) is 3.32. The average molecular weight is 275 g/mol. The molecule has 0 spiro atoms. The number of fused-ring (bicyclic) bond motifs is 3. The number of hydrogen-bond acceptors (Lipinski definition) is 4. The Kier molecular flexibility index (Phi) is 3.74. The first-order chi connectivity index (χ1) is 9.61. The van der Waals surface area contributed by atoms with Crippen molar-refractivity contribution >= 4 is 11.4 Å². The van der Waals surface area contributed by atoms with Crippen molar-refractivity contribution in [3.63, 3.8) is 0 Å². The summed E-state index contributed by atoms with van der Waals surface area (Å²) in [6, 6.07) is 6.59. The zero-order valence-electron chi connectivity index (χ0n) is 12.4. The summed E-state index contributed by atoms with van der Waals surface area (Å²) in [5, 5.41) is 3.68. The molecule has 3 fully saturated rings. The van der Waals surface area contributed by atoms with Crippen LogP contribution in [0.1, 0.15) is 26.7 Å². The molecule has 1 aromatic rings. The van der Waals surface area contributed by atoms with Crippen LogP contribution >= 0.6 is 0 Å². The van der Waals surface area contributed by atoms with Crippen LogP contribution in [0.5, 0.6) is 5.75 Å². The number of ether oxygens (including phenoxy) is 1. The molecule has 4 nitrogen and oxygen atoms in total. The fourth-order valence-corrected chi connectivity index (χ4v) is 3.32. The summed E-state index contributed by atoms with van der Waals surface area (Å²) < 4.78 is 5.76. The number of rotatable bonds is 4. The van der Waals surface area contributed by atoms with E-state index in [1.54, 1.807) is 0 Å². The number of nitrogens with zero attached hydrogens (tertiary/aromatic N) is 1. The zero-order valence-corrected chi connectivity index (χ0v) is 12.4. The van der Waals surface area contributed by atoms with Crippen molar-refractivity contribution in [2.75, 3.05) is 30.7 Å². The minimum atomic E-state index is 0.143. The Bertz CT molecular complexity index is 467. The van der Waals surface area contributed by atoms with E-state index in [1.165, 1.54) is 25.9 Å². The largest absolute Gasteiger partial charge is 0.489 e. The average Bonchev–Trinajstić information content (AvgIpc) is 2.43. The van der Waals surface area contributed by atoms with E-state index in [9.17, 15) is 0 Å². The molecule has 3 heterocycles. The number of piperidine rings is 3. The SMILES string of the molecule is CC(C)Oc1cc(NC2CN3CCC2CC3)ccc1N. The van der Waals surface area contributed by atoms with Crippen LogP contribution in [0.2, 0.25) is 0 Å². The molecule has 0 aliphatic carbocycles. The summed E-state index contributed by atoms with van der Waals surface area (Å²) in [5.41, 5.74) is 7.80. The fraction of sp³-hybridized carbons (Fsp3) is 0.625. The van der Waals surface area contributed by atoms with E-state index in [1.807, 2.05) is 26.0 Å². The van der Waals surface area contributed by atoms with Gasteiger partial charge < -0.3 is 20.7 Å². The summed E-state index contributed by atoms with van der Waals surface area (Å²) >= 11 is 0. The van der Waals surface area contributed by atoms with Gasteiger partial charge in [0.2, 0.25) is 0 Å². The van der Waals surface area contributed by atoms with Crippen molar-refractivity contribution in [3.05, 3.63) is 18.2 Å². The first kappa shape index (κ1) is 13.6. The molecule has 3 N–H and O–H groups in total. The van der Waals surface area contributed by atoms with Gasteiger partial charge in [0.25, 0.3) is 0 Å². The van der Waals surface area contributed by atoms with Gasteiger partial charge in [-0.2, -0.15) is 0 Å². The topological polar surface area (TPSA) is 50.5 Å². The van der Waals surface area contributed by atoms with Gasteiger partial charge in [-0.3, -0.25) is 0 Å². The molecule has 0 amide bonds. The van der Waals surface area contributed by atoms with Crippen molar-refractivity contribution in [1.29, 1.82) is 0 Å². The quantitative estimate of drug-likeness (QED) is 0.829. The highest BCUT2D eigenvalue weighted by Gasteiger charge is 2.33. The molecule has 1 unspecified atom stereocenters. The van der Waals surface area contributed by atoms with Gasteiger partial charge in [-0.15, -0.1) is 0 Å². The lowest BCUT2D eigenvalue weighted by Gasteiger charge is -2.45. The lowest BCUT2D eigenvalue weighted by Crippen LogP contribution is -2.53. The van der Waals surface area contributed by atoms with Crippen molar-refractivity contribution in [3.8, 4) is 5.75 Å². The Labute approximate surface area is 121 Å². The molecule has 1 aromatic carbocycles. The summed E-state index contributed by atoms with van der Waals surface area (Å²) in [6.07, 6.45) is 2.79. The van der Waals surface area contributed by atoms with E-state index in [0.717, 1.165) is 23.9 Å². The molecule has 4 heteroatoms. The normalized spacial score (nSPS) is 28.6. The second kappa shape index (κ2) is 5.52. The van der Waals surface area contributed by atoms with Crippen LogP contribution in [0.15, 0.2) is 18.2 Å². The summed E-state index contributed by atoms with van der Waals surface area (Å²) in [6.45, 7) is 7.74. The van der Waals surface area contributed by atoms with Gasteiger partial charge in [0, 0.05) is 24.3 Å². The number of nitrogens with one attached hydrogen (secondary N) is 1. The number of benzene rings is 1. The Hall–Kier alpha value is -1.42. The Morgan fingerprint density at radius 3 is 2.65 bits per heavy atom. The number of anilines is 2. The van der Waals surface area contributed by atoms with Gasteiger partial charge in [-0.1, -0.05) is 0 Å². The number of hydrogen-bond donors (Lipinski definition) is 2. The molecule has 3 aliphatic rings. The predicted octanol–water partition coefficient (Wildman–Crippen LogP) is 2.56. The standard InChI is InChI=1S/C16H25N3O/c1-11(2)20-16-9-13(3-4-14(16)17)18-15-10-19-7-5-12(15)6-8-19/h3-4,9,11-12,15,18H,5-8,10,17H2,1-2H3. The van der Waals surface area contributed by atoms with E-state index in [4.69, 9.17) is 10.5 Å². The van der Waals surface area contributed by atoms with Crippen LogP contribution in [0.4, 0.5) is 11.4 Å². The molecule has 0 radical (unpaired) electrons. The zero-order chi connectivity index (χ0) is 14.1. The highest BCUT2D eigenvalue weighted by molar-refractivity contribution is 5.61. The Balaban J connectivity index is 1.71. The second-order valence-electron chi connectivity index (χ2n) is 6.31. The summed E-state index contributed by atoms with van der Waals surface area (Å²) in [4.78, 5) is 2.56. The first-order valence-corrected chi connectivity index (χ1v) is 7.67. The Morgan fingerprint density at radius 1 is 1.30 bits per heavy atom. The maximum atomic E-state index is 5.97. The number of nitrogens with two attached hydrogens (primary N) is 1. The minimum absolute atomic E-state index is 0.143. The molecule has 20 heavy (non-hydrogen) atoms. The van der Waals surface area contributed by atoms with Crippen molar-refractivity contribution in [2.45, 2.75) is 38.8 Å². The maximum Gasteiger partial charge on any atom is 0.144 e. The van der Waals surface area contributed by atoms with Crippen LogP contribution in [-0.4, -0.2) is 36.7 Å². The highest BCUT2D eigenvalue weighted by atomic mass is 16.5. The monoisotopic (exact) mass is 275 g/mol. The molecular formula is C16H25N3O. The van der Waals surface area contributed by atoms with Gasteiger partial charge in [-0.25, -0.2) is 0 Å². The minimum Gasteiger partial charge on any atom is -0.489 e. The lowest BCUT2D eigenvalue weighted by atomic mass is 9.84. The smallest absolute Gasteiger partial charge is 0.144 e. The lowest BCUT2D eigenvalue weighted by molar-refractivity contribution is 0.0975. The van der Waals surface area contributed by atoms with Crippen LogP contribution in [0, 0.1) is 5.92 Å². The van der Waals surface area contributed by atoms with E-state index in [2.05, 4.69) is 16.3 Å². The first-order valence-electron chi connectivity index (χ1n) is 7.67. The van der Waals surface area contributed by atoms with Crippen molar-refractivity contribution in [1.82, 2.24) is 4.90 Å². The highest BCUT2D eigenvalue weighted by Crippen LogP contribution is 2.32. The van der Waals surface area contributed by atoms with E-state index < -0.39 is 0 Å². The third-order valence-electron chi connectivity index (χ3n) is 4.38. The van der Waals surface area contributed by atoms with Gasteiger partial charge in [-0.05, 0) is 57.8 Å². The molecule has 0 aromatic heterocycles. The van der Waals surface area contributed by atoms with Crippen molar-refractivity contribution < 1.29 is 4.74 Å². The van der Waals surface area contributed by atoms with Crippen LogP contribution < -0.4 is 15.8 Å². The molecule has 3 aliphatic heterocycles. The van der Waals surface area contributed by atoms with Crippen LogP contribution in [0.25, 0.3) is 0 Å².